The SMILES string of the molecule is O=c1[nH]c2ccc(Cl)cc2n1-c1ccc(Cl)cc1. The number of imidazole rings is 1. The average molecular weight is 279 g/mol. The summed E-state index contributed by atoms with van der Waals surface area (Å²) in [6.45, 7) is 0. The third-order valence-corrected chi connectivity index (χ3v) is 3.22. The third-order valence-electron chi connectivity index (χ3n) is 2.73. The van der Waals surface area contributed by atoms with E-state index >= 15 is 0 Å². The number of aromatic amines is 1. The van der Waals surface area contributed by atoms with Gasteiger partial charge in [-0.05, 0) is 42.5 Å². The van der Waals surface area contributed by atoms with Crippen LogP contribution in [0.2, 0.25) is 10.0 Å². The molecule has 5 heteroatoms. The van der Waals surface area contributed by atoms with Crippen LogP contribution in [0.1, 0.15) is 0 Å². The zero-order chi connectivity index (χ0) is 12.7. The van der Waals surface area contributed by atoms with Gasteiger partial charge >= 0.3 is 5.69 Å². The fourth-order valence-electron chi connectivity index (χ4n) is 1.92. The number of nitrogens with one attached hydrogen (secondary N) is 1. The van der Waals surface area contributed by atoms with Gasteiger partial charge in [-0.15, -0.1) is 0 Å². The van der Waals surface area contributed by atoms with Gasteiger partial charge < -0.3 is 4.98 Å². The molecule has 1 aromatic heterocycles. The molecule has 3 aromatic rings. The van der Waals surface area contributed by atoms with Gasteiger partial charge in [0, 0.05) is 10.0 Å². The smallest absolute Gasteiger partial charge is 0.305 e. The summed E-state index contributed by atoms with van der Waals surface area (Å²) in [6.07, 6.45) is 0. The Morgan fingerprint density at radius 3 is 2.33 bits per heavy atom. The molecule has 0 fully saturated rings. The molecule has 1 N–H and O–H groups in total. The van der Waals surface area contributed by atoms with Crippen LogP contribution in [0.15, 0.2) is 47.3 Å². The first-order valence-corrected chi connectivity index (χ1v) is 6.07. The zero-order valence-corrected chi connectivity index (χ0v) is 10.7. The van der Waals surface area contributed by atoms with Gasteiger partial charge in [0.25, 0.3) is 0 Å². The average Bonchev–Trinajstić information content (AvgIpc) is 2.66. The summed E-state index contributed by atoms with van der Waals surface area (Å²) < 4.78 is 1.57. The van der Waals surface area contributed by atoms with Crippen LogP contribution in [-0.2, 0) is 0 Å². The van der Waals surface area contributed by atoms with Gasteiger partial charge in [-0.2, -0.15) is 0 Å². The largest absolute Gasteiger partial charge is 0.331 e. The van der Waals surface area contributed by atoms with Gasteiger partial charge in [0.05, 0.1) is 16.7 Å². The summed E-state index contributed by atoms with van der Waals surface area (Å²) in [5, 5.41) is 1.22. The van der Waals surface area contributed by atoms with Crippen molar-refractivity contribution >= 4 is 34.2 Å². The highest BCUT2D eigenvalue weighted by molar-refractivity contribution is 6.31. The minimum Gasteiger partial charge on any atom is -0.305 e. The van der Waals surface area contributed by atoms with E-state index in [-0.39, 0.29) is 5.69 Å². The number of nitrogens with zero attached hydrogens (tertiary/aromatic N) is 1. The summed E-state index contributed by atoms with van der Waals surface area (Å²) in [5.74, 6) is 0. The predicted molar refractivity (Wildman–Crippen MR) is 73.9 cm³/mol. The summed E-state index contributed by atoms with van der Waals surface area (Å²) in [6, 6.07) is 12.3. The van der Waals surface area contributed by atoms with Crippen molar-refractivity contribution < 1.29 is 0 Å². The molecule has 0 radical (unpaired) electrons. The number of hydrogen-bond acceptors (Lipinski definition) is 1. The van der Waals surface area contributed by atoms with Crippen molar-refractivity contribution in [2.24, 2.45) is 0 Å². The predicted octanol–water partition coefficient (Wildman–Crippen LogP) is 3.63. The topological polar surface area (TPSA) is 37.8 Å². The maximum absolute atomic E-state index is 12.0. The van der Waals surface area contributed by atoms with Crippen LogP contribution in [0, 0.1) is 0 Å². The molecule has 0 bridgehead atoms. The van der Waals surface area contributed by atoms with E-state index in [9.17, 15) is 4.79 Å². The first-order valence-electron chi connectivity index (χ1n) is 5.31. The minimum atomic E-state index is -0.199. The Morgan fingerprint density at radius 2 is 1.61 bits per heavy atom. The van der Waals surface area contributed by atoms with Crippen molar-refractivity contribution in [2.75, 3.05) is 0 Å². The molecule has 0 aliphatic heterocycles. The highest BCUT2D eigenvalue weighted by atomic mass is 35.5. The maximum atomic E-state index is 12.0. The van der Waals surface area contributed by atoms with E-state index in [1.54, 1.807) is 47.0 Å². The molecule has 0 spiro atoms. The molecule has 0 aliphatic carbocycles. The van der Waals surface area contributed by atoms with Gasteiger partial charge in [0.2, 0.25) is 0 Å². The van der Waals surface area contributed by atoms with Crippen molar-refractivity contribution in [3.63, 3.8) is 0 Å². The Balaban J connectivity index is 2.34. The van der Waals surface area contributed by atoms with E-state index in [2.05, 4.69) is 4.98 Å². The normalized spacial score (nSPS) is 11.0. The maximum Gasteiger partial charge on any atom is 0.331 e. The van der Waals surface area contributed by atoms with Crippen LogP contribution in [0.25, 0.3) is 16.7 Å². The lowest BCUT2D eigenvalue weighted by molar-refractivity contribution is 1.02. The molecule has 0 aliphatic rings. The minimum absolute atomic E-state index is 0.199. The molecule has 90 valence electrons. The third kappa shape index (κ3) is 1.82. The van der Waals surface area contributed by atoms with Gasteiger partial charge in [-0.3, -0.25) is 4.57 Å². The van der Waals surface area contributed by atoms with Crippen molar-refractivity contribution in [3.8, 4) is 5.69 Å². The lowest BCUT2D eigenvalue weighted by Gasteiger charge is -2.03. The van der Waals surface area contributed by atoms with Crippen LogP contribution in [-0.4, -0.2) is 9.55 Å². The van der Waals surface area contributed by atoms with Gasteiger partial charge in [0.15, 0.2) is 0 Å². The molecule has 3 rings (SSSR count). The monoisotopic (exact) mass is 278 g/mol. The molecule has 0 saturated carbocycles. The van der Waals surface area contributed by atoms with Crippen LogP contribution in [0.3, 0.4) is 0 Å². The summed E-state index contributed by atoms with van der Waals surface area (Å²) in [5.41, 5.74) is 2.04. The Morgan fingerprint density at radius 1 is 0.944 bits per heavy atom. The quantitative estimate of drug-likeness (QED) is 0.725. The number of fused-ring (bicyclic) bond motifs is 1. The molecule has 0 atom stereocenters. The van der Waals surface area contributed by atoms with Crippen LogP contribution >= 0.6 is 23.2 Å². The van der Waals surface area contributed by atoms with E-state index in [1.807, 2.05) is 0 Å². The first-order chi connectivity index (χ1) is 8.65. The lowest BCUT2D eigenvalue weighted by Crippen LogP contribution is -2.14. The second-order valence-electron chi connectivity index (χ2n) is 3.90. The second-order valence-corrected chi connectivity index (χ2v) is 4.78. The van der Waals surface area contributed by atoms with Gasteiger partial charge in [-0.25, -0.2) is 4.79 Å². The number of H-pyrrole nitrogens is 1. The van der Waals surface area contributed by atoms with E-state index in [4.69, 9.17) is 23.2 Å². The van der Waals surface area contributed by atoms with Gasteiger partial charge in [-0.1, -0.05) is 23.2 Å². The number of hydrogen-bond donors (Lipinski definition) is 1. The Kier molecular flexibility index (Phi) is 2.65. The van der Waals surface area contributed by atoms with Crippen LogP contribution < -0.4 is 5.69 Å². The highest BCUT2D eigenvalue weighted by Gasteiger charge is 2.08. The molecule has 1 heterocycles. The number of aromatic nitrogens is 2. The number of rotatable bonds is 1. The van der Waals surface area contributed by atoms with Crippen LogP contribution in [0.4, 0.5) is 0 Å². The Labute approximate surface area is 113 Å². The fourth-order valence-corrected chi connectivity index (χ4v) is 2.21. The van der Waals surface area contributed by atoms with Gasteiger partial charge in [0.1, 0.15) is 0 Å². The summed E-state index contributed by atoms with van der Waals surface area (Å²) in [4.78, 5) is 14.7. The standard InChI is InChI=1S/C13H8Cl2N2O/c14-8-1-4-10(5-2-8)17-12-7-9(15)3-6-11(12)16-13(17)18/h1-7H,(H,16,18). The van der Waals surface area contributed by atoms with E-state index in [0.29, 0.717) is 10.0 Å². The van der Waals surface area contributed by atoms with Crippen molar-refractivity contribution in [3.05, 3.63) is 63.0 Å². The van der Waals surface area contributed by atoms with Crippen molar-refractivity contribution in [1.82, 2.24) is 9.55 Å². The fraction of sp³-hybridized carbons (Fsp3) is 0. The molecular formula is C13H8Cl2N2O. The molecule has 0 unspecified atom stereocenters. The molecular weight excluding hydrogens is 271 g/mol. The number of benzene rings is 2. The zero-order valence-electron chi connectivity index (χ0n) is 9.15. The van der Waals surface area contributed by atoms with Crippen molar-refractivity contribution in [1.29, 1.82) is 0 Å². The number of halogens is 2. The lowest BCUT2D eigenvalue weighted by atomic mass is 10.3. The molecule has 3 nitrogen and oxygen atoms in total. The Bertz CT molecular complexity index is 772. The van der Waals surface area contributed by atoms with Crippen LogP contribution in [0.5, 0.6) is 0 Å². The molecule has 0 saturated heterocycles. The summed E-state index contributed by atoms with van der Waals surface area (Å²) in [7, 11) is 0. The van der Waals surface area contributed by atoms with E-state index < -0.39 is 0 Å². The molecule has 2 aromatic carbocycles. The molecule has 18 heavy (non-hydrogen) atoms. The first kappa shape index (κ1) is 11.4. The van der Waals surface area contributed by atoms with Crippen molar-refractivity contribution in [2.45, 2.75) is 0 Å². The summed E-state index contributed by atoms with van der Waals surface area (Å²) >= 11 is 11.8. The van der Waals surface area contributed by atoms with E-state index in [1.165, 1.54) is 0 Å². The second kappa shape index (κ2) is 4.19. The Hall–Kier alpha value is -1.71. The molecule has 0 amide bonds. The van der Waals surface area contributed by atoms with E-state index in [0.717, 1.165) is 16.7 Å². The highest BCUT2D eigenvalue weighted by Crippen LogP contribution is 2.20.